The minimum atomic E-state index is -4.41. The second-order valence-electron chi connectivity index (χ2n) is 6.42. The molecule has 0 radical (unpaired) electrons. The molecule has 0 aliphatic carbocycles. The van der Waals surface area contributed by atoms with Crippen molar-refractivity contribution in [2.24, 2.45) is 0 Å². The van der Waals surface area contributed by atoms with Crippen molar-refractivity contribution in [3.63, 3.8) is 0 Å². The average Bonchev–Trinajstić information content (AvgIpc) is 2.66. The van der Waals surface area contributed by atoms with E-state index in [-0.39, 0.29) is 0 Å². The molecule has 0 heterocycles. The minimum absolute atomic E-state index is 0.608. The Labute approximate surface area is 158 Å². The molecule has 0 aliphatic heterocycles. The summed E-state index contributed by atoms with van der Waals surface area (Å²) in [6.45, 7) is 1.93. The van der Waals surface area contributed by atoms with Crippen LogP contribution in [-0.2, 0) is 18.8 Å². The maximum Gasteiger partial charge on any atom is 0.416 e. The molecule has 0 nitrogen and oxygen atoms in total. The first-order chi connectivity index (χ1) is 13.1. The number of hydrogen-bond acceptors (Lipinski definition) is 0. The summed E-state index contributed by atoms with van der Waals surface area (Å²) in [5.41, 5.74) is 2.11. The van der Waals surface area contributed by atoms with Gasteiger partial charge in [-0.25, -0.2) is 0 Å². The summed E-state index contributed by atoms with van der Waals surface area (Å²) >= 11 is 0. The van der Waals surface area contributed by atoms with Crippen LogP contribution in [0.15, 0.2) is 66.7 Å². The summed E-state index contributed by atoms with van der Waals surface area (Å²) in [5.74, 6) is 0. The molecular formula is C22H16F6. The zero-order valence-electron chi connectivity index (χ0n) is 14.8. The van der Waals surface area contributed by atoms with Gasteiger partial charge in [-0.3, -0.25) is 0 Å². The lowest BCUT2D eigenvalue weighted by atomic mass is 9.94. The zero-order chi connectivity index (χ0) is 20.5. The smallest absolute Gasteiger partial charge is 0.166 e. The molecule has 0 amide bonds. The molecule has 0 N–H and O–H groups in total. The van der Waals surface area contributed by atoms with E-state index in [1.54, 1.807) is 6.07 Å². The van der Waals surface area contributed by atoms with E-state index in [4.69, 9.17) is 0 Å². The number of benzene rings is 3. The lowest BCUT2D eigenvalue weighted by Crippen LogP contribution is -2.04. The summed E-state index contributed by atoms with van der Waals surface area (Å²) < 4.78 is 76.6. The number of aryl methyl sites for hydroxylation is 1. The van der Waals surface area contributed by atoms with Crippen molar-refractivity contribution < 1.29 is 26.3 Å². The van der Waals surface area contributed by atoms with E-state index in [1.807, 2.05) is 19.1 Å². The predicted octanol–water partition coefficient (Wildman–Crippen LogP) is 7.62. The molecule has 3 rings (SSSR count). The van der Waals surface area contributed by atoms with Crippen LogP contribution in [0.2, 0.25) is 0 Å². The summed E-state index contributed by atoms with van der Waals surface area (Å²) in [4.78, 5) is 0. The van der Waals surface area contributed by atoms with Crippen molar-refractivity contribution in [2.75, 3.05) is 0 Å². The van der Waals surface area contributed by atoms with Crippen LogP contribution in [0.1, 0.15) is 23.6 Å². The van der Waals surface area contributed by atoms with Crippen LogP contribution >= 0.6 is 0 Å². The Bertz CT molecular complexity index is 873. The van der Waals surface area contributed by atoms with Gasteiger partial charge < -0.3 is 0 Å². The van der Waals surface area contributed by atoms with Crippen molar-refractivity contribution in [3.8, 4) is 22.3 Å². The zero-order valence-corrected chi connectivity index (χ0v) is 14.8. The van der Waals surface area contributed by atoms with Gasteiger partial charge in [0.05, 0.1) is 11.1 Å². The fourth-order valence-electron chi connectivity index (χ4n) is 2.93. The molecule has 0 unspecified atom stereocenters. The average molecular weight is 394 g/mol. The number of hydrogen-bond donors (Lipinski definition) is 0. The number of halogens is 6. The normalized spacial score (nSPS) is 12.2. The number of rotatable bonds is 3. The molecule has 0 aliphatic rings. The van der Waals surface area contributed by atoms with Gasteiger partial charge in [0.1, 0.15) is 0 Å². The molecule has 0 fully saturated rings. The Morgan fingerprint density at radius 3 is 1.18 bits per heavy atom. The van der Waals surface area contributed by atoms with Gasteiger partial charge in [-0.2, -0.15) is 26.3 Å². The highest BCUT2D eigenvalue weighted by Gasteiger charge is 2.30. The summed E-state index contributed by atoms with van der Waals surface area (Å²) in [5, 5.41) is 0. The van der Waals surface area contributed by atoms with Crippen molar-refractivity contribution in [1.82, 2.24) is 0 Å². The van der Waals surface area contributed by atoms with Gasteiger partial charge in [0.25, 0.3) is 0 Å². The molecule has 3 aromatic rings. The topological polar surface area (TPSA) is 0 Å². The standard InChI is InChI=1S/C22H16F6/c1-2-14-11-17(15-3-7-19(8-4-15)21(23,24)25)13-18(12-14)16-5-9-20(10-6-16)22(26,27)28/h3-13H,2H2,1H3. The van der Waals surface area contributed by atoms with Crippen molar-refractivity contribution in [1.29, 1.82) is 0 Å². The van der Waals surface area contributed by atoms with Gasteiger partial charge in [0, 0.05) is 0 Å². The molecule has 28 heavy (non-hydrogen) atoms. The van der Waals surface area contributed by atoms with Gasteiger partial charge in [0.2, 0.25) is 0 Å². The molecule has 0 spiro atoms. The van der Waals surface area contributed by atoms with E-state index in [0.717, 1.165) is 29.8 Å². The van der Waals surface area contributed by atoms with E-state index in [0.29, 0.717) is 28.7 Å². The molecule has 146 valence electrons. The van der Waals surface area contributed by atoms with Crippen molar-refractivity contribution in [3.05, 3.63) is 83.4 Å². The van der Waals surface area contributed by atoms with E-state index in [1.165, 1.54) is 24.3 Å². The molecule has 0 saturated heterocycles. The second kappa shape index (κ2) is 7.34. The first-order valence-corrected chi connectivity index (χ1v) is 8.57. The first-order valence-electron chi connectivity index (χ1n) is 8.57. The molecule has 3 aromatic carbocycles. The lowest BCUT2D eigenvalue weighted by Gasteiger charge is -2.12. The molecule has 6 heteroatoms. The molecule has 0 saturated carbocycles. The lowest BCUT2D eigenvalue weighted by molar-refractivity contribution is -0.138. The molecule has 0 aromatic heterocycles. The highest BCUT2D eigenvalue weighted by molar-refractivity contribution is 5.74. The Balaban J connectivity index is 2.01. The number of alkyl halides is 6. The summed E-state index contributed by atoms with van der Waals surface area (Å²) in [6.07, 6.45) is -8.13. The van der Waals surface area contributed by atoms with Gasteiger partial charge in [-0.15, -0.1) is 0 Å². The highest BCUT2D eigenvalue weighted by Crippen LogP contribution is 2.34. The first kappa shape index (κ1) is 20.0. The predicted molar refractivity (Wildman–Crippen MR) is 96.7 cm³/mol. The van der Waals surface area contributed by atoms with E-state index in [2.05, 4.69) is 0 Å². The van der Waals surface area contributed by atoms with Crippen molar-refractivity contribution in [2.45, 2.75) is 25.7 Å². The SMILES string of the molecule is CCc1cc(-c2ccc(C(F)(F)F)cc2)cc(-c2ccc(C(F)(F)F)cc2)c1. The molecular weight excluding hydrogens is 378 g/mol. The van der Waals surface area contributed by atoms with E-state index < -0.39 is 23.5 Å². The minimum Gasteiger partial charge on any atom is -0.166 e. The third-order valence-electron chi connectivity index (χ3n) is 4.49. The Morgan fingerprint density at radius 1 is 0.536 bits per heavy atom. The molecule has 0 bridgehead atoms. The van der Waals surface area contributed by atoms with Gasteiger partial charge in [0.15, 0.2) is 0 Å². The van der Waals surface area contributed by atoms with Gasteiger partial charge in [-0.1, -0.05) is 43.3 Å². The van der Waals surface area contributed by atoms with Crippen LogP contribution in [0.4, 0.5) is 26.3 Å². The van der Waals surface area contributed by atoms with Crippen LogP contribution < -0.4 is 0 Å². The Morgan fingerprint density at radius 2 is 0.893 bits per heavy atom. The quantitative estimate of drug-likeness (QED) is 0.401. The maximum absolute atomic E-state index is 12.8. The highest BCUT2D eigenvalue weighted by atomic mass is 19.4. The maximum atomic E-state index is 12.8. The second-order valence-corrected chi connectivity index (χ2v) is 6.42. The molecule has 0 atom stereocenters. The van der Waals surface area contributed by atoms with Crippen LogP contribution in [0.3, 0.4) is 0 Å². The van der Waals surface area contributed by atoms with Crippen LogP contribution in [0.25, 0.3) is 22.3 Å². The fourth-order valence-corrected chi connectivity index (χ4v) is 2.93. The van der Waals surface area contributed by atoms with Crippen LogP contribution in [0, 0.1) is 0 Å². The third kappa shape index (κ3) is 4.38. The van der Waals surface area contributed by atoms with E-state index >= 15 is 0 Å². The van der Waals surface area contributed by atoms with Crippen LogP contribution in [0.5, 0.6) is 0 Å². The van der Waals surface area contributed by atoms with Crippen LogP contribution in [-0.4, -0.2) is 0 Å². The third-order valence-corrected chi connectivity index (χ3v) is 4.49. The van der Waals surface area contributed by atoms with E-state index in [9.17, 15) is 26.3 Å². The Kier molecular flexibility index (Phi) is 5.24. The largest absolute Gasteiger partial charge is 0.416 e. The summed E-state index contributed by atoms with van der Waals surface area (Å²) in [7, 11) is 0. The fraction of sp³-hybridized carbons (Fsp3) is 0.182. The van der Waals surface area contributed by atoms with Crippen molar-refractivity contribution >= 4 is 0 Å². The monoisotopic (exact) mass is 394 g/mol. The van der Waals surface area contributed by atoms with Gasteiger partial charge >= 0.3 is 12.4 Å². The Hall–Kier alpha value is -2.76. The van der Waals surface area contributed by atoms with Gasteiger partial charge in [-0.05, 0) is 64.6 Å². The summed E-state index contributed by atoms with van der Waals surface area (Å²) in [6, 6.07) is 15.2.